The maximum atomic E-state index is 12.2. The number of rotatable bonds is 3. The van der Waals surface area contributed by atoms with E-state index >= 15 is 0 Å². The highest BCUT2D eigenvalue weighted by Crippen LogP contribution is 2.18. The lowest BCUT2D eigenvalue weighted by Gasteiger charge is -2.05. The van der Waals surface area contributed by atoms with E-state index in [-0.39, 0.29) is 5.91 Å². The normalized spacial score (nSPS) is 10.8. The summed E-state index contributed by atoms with van der Waals surface area (Å²) in [5.74, 6) is 0.782. The Hall–Kier alpha value is -2.33. The van der Waals surface area contributed by atoms with Crippen LogP contribution in [0.25, 0.3) is 11.0 Å². The third-order valence-corrected chi connectivity index (χ3v) is 3.69. The monoisotopic (exact) mass is 299 g/mol. The number of fused-ring (bicyclic) bond motifs is 1. The number of halogens is 1. The number of nitrogens with one attached hydrogen (secondary N) is 1. The summed E-state index contributed by atoms with van der Waals surface area (Å²) in [5.41, 5.74) is 3.39. The summed E-state index contributed by atoms with van der Waals surface area (Å²) in [6, 6.07) is 15.0. The molecule has 1 aromatic heterocycles. The predicted octanol–water partition coefficient (Wildman–Crippen LogP) is 3.56. The molecule has 0 aliphatic rings. The number of carbonyl (C=O) groups is 1. The van der Waals surface area contributed by atoms with Gasteiger partial charge in [0.25, 0.3) is 5.91 Å². The number of benzene rings is 2. The van der Waals surface area contributed by atoms with Gasteiger partial charge in [0.15, 0.2) is 0 Å². The molecule has 0 fully saturated rings. The second-order valence-electron chi connectivity index (χ2n) is 4.77. The van der Waals surface area contributed by atoms with Crippen LogP contribution in [0, 0.1) is 0 Å². The molecule has 0 radical (unpaired) electrons. The molecule has 0 saturated carbocycles. The third kappa shape index (κ3) is 2.62. The SMILES string of the molecule is Cn1c(NC(=O)c2ccc(CCl)cc2)nc2ccccc21. The van der Waals surface area contributed by atoms with Crippen LogP contribution in [-0.2, 0) is 12.9 Å². The number of hydrogen-bond acceptors (Lipinski definition) is 2. The smallest absolute Gasteiger partial charge is 0.257 e. The van der Waals surface area contributed by atoms with Gasteiger partial charge in [0, 0.05) is 18.5 Å². The van der Waals surface area contributed by atoms with E-state index in [9.17, 15) is 4.79 Å². The van der Waals surface area contributed by atoms with Crippen molar-refractivity contribution < 1.29 is 4.79 Å². The Labute approximate surface area is 127 Å². The number of carbonyl (C=O) groups excluding carboxylic acids is 1. The fourth-order valence-electron chi connectivity index (χ4n) is 2.18. The molecule has 1 heterocycles. The van der Waals surface area contributed by atoms with Crippen molar-refractivity contribution in [3.05, 3.63) is 59.7 Å². The second-order valence-corrected chi connectivity index (χ2v) is 5.04. The van der Waals surface area contributed by atoms with Crippen LogP contribution in [0.2, 0.25) is 0 Å². The van der Waals surface area contributed by atoms with Crippen LogP contribution in [0.5, 0.6) is 0 Å². The van der Waals surface area contributed by atoms with Crippen molar-refractivity contribution in [1.29, 1.82) is 0 Å². The van der Waals surface area contributed by atoms with Gasteiger partial charge >= 0.3 is 0 Å². The van der Waals surface area contributed by atoms with Crippen LogP contribution < -0.4 is 5.32 Å². The van der Waals surface area contributed by atoms with Crippen molar-refractivity contribution in [2.75, 3.05) is 5.32 Å². The molecule has 0 bridgehead atoms. The van der Waals surface area contributed by atoms with Crippen molar-refractivity contribution in [3.8, 4) is 0 Å². The number of amides is 1. The van der Waals surface area contributed by atoms with Gasteiger partial charge in [0.05, 0.1) is 11.0 Å². The maximum Gasteiger partial charge on any atom is 0.257 e. The highest BCUT2D eigenvalue weighted by molar-refractivity contribution is 6.17. The quantitative estimate of drug-likeness (QED) is 0.752. The molecular weight excluding hydrogens is 286 g/mol. The lowest BCUT2D eigenvalue weighted by atomic mass is 10.1. The van der Waals surface area contributed by atoms with Crippen LogP contribution in [0.3, 0.4) is 0 Å². The van der Waals surface area contributed by atoms with Crippen molar-refractivity contribution in [3.63, 3.8) is 0 Å². The van der Waals surface area contributed by atoms with Gasteiger partial charge in [-0.15, -0.1) is 11.6 Å². The first kappa shape index (κ1) is 13.6. The summed E-state index contributed by atoms with van der Waals surface area (Å²) in [5, 5.41) is 2.83. The van der Waals surface area contributed by atoms with Gasteiger partial charge in [-0.2, -0.15) is 0 Å². The molecule has 0 spiro atoms. The Bertz CT molecular complexity index is 793. The summed E-state index contributed by atoms with van der Waals surface area (Å²) >= 11 is 5.74. The number of alkyl halides is 1. The number of para-hydroxylation sites is 2. The van der Waals surface area contributed by atoms with E-state index < -0.39 is 0 Å². The standard InChI is InChI=1S/C16H14ClN3O/c1-20-14-5-3-2-4-13(14)18-16(20)19-15(21)12-8-6-11(10-17)7-9-12/h2-9H,10H2,1H3,(H,18,19,21). The molecule has 3 rings (SSSR count). The molecular formula is C16H14ClN3O. The average Bonchev–Trinajstić information content (AvgIpc) is 2.84. The van der Waals surface area contributed by atoms with Crippen molar-refractivity contribution in [2.24, 2.45) is 7.05 Å². The van der Waals surface area contributed by atoms with Gasteiger partial charge < -0.3 is 4.57 Å². The zero-order chi connectivity index (χ0) is 14.8. The van der Waals surface area contributed by atoms with E-state index in [1.165, 1.54) is 0 Å². The summed E-state index contributed by atoms with van der Waals surface area (Å²) in [4.78, 5) is 16.7. The zero-order valence-electron chi connectivity index (χ0n) is 11.5. The summed E-state index contributed by atoms with van der Waals surface area (Å²) in [7, 11) is 1.88. The van der Waals surface area contributed by atoms with Gasteiger partial charge in [-0.1, -0.05) is 24.3 Å². The first-order chi connectivity index (χ1) is 10.2. The fraction of sp³-hybridized carbons (Fsp3) is 0.125. The van der Waals surface area contributed by atoms with E-state index in [4.69, 9.17) is 11.6 Å². The summed E-state index contributed by atoms with van der Waals surface area (Å²) < 4.78 is 1.86. The molecule has 4 nitrogen and oxygen atoms in total. The van der Waals surface area contributed by atoms with Crippen LogP contribution in [0.4, 0.5) is 5.95 Å². The van der Waals surface area contributed by atoms with Crippen LogP contribution in [0.1, 0.15) is 15.9 Å². The van der Waals surface area contributed by atoms with Gasteiger partial charge in [-0.3, -0.25) is 10.1 Å². The third-order valence-electron chi connectivity index (χ3n) is 3.38. The minimum atomic E-state index is -0.186. The van der Waals surface area contributed by atoms with E-state index in [0.717, 1.165) is 16.6 Å². The van der Waals surface area contributed by atoms with Gasteiger partial charge in [0.1, 0.15) is 0 Å². The number of imidazole rings is 1. The topological polar surface area (TPSA) is 46.9 Å². The lowest BCUT2D eigenvalue weighted by Crippen LogP contribution is -2.15. The molecule has 3 aromatic rings. The molecule has 0 aliphatic heterocycles. The van der Waals surface area contributed by atoms with Crippen LogP contribution in [0.15, 0.2) is 48.5 Å². The van der Waals surface area contributed by atoms with Crippen molar-refractivity contribution >= 4 is 34.5 Å². The summed E-state index contributed by atoms with van der Waals surface area (Å²) in [6.45, 7) is 0. The predicted molar refractivity (Wildman–Crippen MR) is 84.7 cm³/mol. The Morgan fingerprint density at radius 3 is 2.57 bits per heavy atom. The van der Waals surface area contributed by atoms with Crippen molar-refractivity contribution in [2.45, 2.75) is 5.88 Å². The van der Waals surface area contributed by atoms with E-state index in [2.05, 4.69) is 10.3 Å². The van der Waals surface area contributed by atoms with Crippen LogP contribution in [-0.4, -0.2) is 15.5 Å². The van der Waals surface area contributed by atoms with Crippen LogP contribution >= 0.6 is 11.6 Å². The first-order valence-electron chi connectivity index (χ1n) is 6.57. The van der Waals surface area contributed by atoms with E-state index in [1.54, 1.807) is 12.1 Å². The zero-order valence-corrected chi connectivity index (χ0v) is 12.3. The minimum absolute atomic E-state index is 0.186. The van der Waals surface area contributed by atoms with Gasteiger partial charge in [0.2, 0.25) is 5.95 Å². The number of nitrogens with zero attached hydrogens (tertiary/aromatic N) is 2. The minimum Gasteiger partial charge on any atom is -0.313 e. The Morgan fingerprint density at radius 1 is 1.19 bits per heavy atom. The van der Waals surface area contributed by atoms with E-state index in [0.29, 0.717) is 17.4 Å². The number of hydrogen-bond donors (Lipinski definition) is 1. The lowest BCUT2D eigenvalue weighted by molar-refractivity contribution is 0.102. The molecule has 1 amide bonds. The molecule has 5 heteroatoms. The Morgan fingerprint density at radius 2 is 1.90 bits per heavy atom. The average molecular weight is 300 g/mol. The molecule has 0 aliphatic carbocycles. The largest absolute Gasteiger partial charge is 0.313 e. The highest BCUT2D eigenvalue weighted by atomic mass is 35.5. The molecule has 2 aromatic carbocycles. The van der Waals surface area contributed by atoms with Gasteiger partial charge in [-0.05, 0) is 29.8 Å². The number of aryl methyl sites for hydroxylation is 1. The first-order valence-corrected chi connectivity index (χ1v) is 7.10. The highest BCUT2D eigenvalue weighted by Gasteiger charge is 2.11. The molecule has 106 valence electrons. The Kier molecular flexibility index (Phi) is 3.62. The molecule has 0 atom stereocenters. The second kappa shape index (κ2) is 5.58. The maximum absolute atomic E-state index is 12.2. The fourth-order valence-corrected chi connectivity index (χ4v) is 2.35. The number of anilines is 1. The Balaban J connectivity index is 1.87. The van der Waals surface area contributed by atoms with Gasteiger partial charge in [-0.25, -0.2) is 4.98 Å². The molecule has 1 N–H and O–H groups in total. The molecule has 0 saturated heterocycles. The number of aromatic nitrogens is 2. The van der Waals surface area contributed by atoms with Crippen molar-refractivity contribution in [1.82, 2.24) is 9.55 Å². The molecule has 21 heavy (non-hydrogen) atoms. The molecule has 0 unspecified atom stereocenters. The summed E-state index contributed by atoms with van der Waals surface area (Å²) in [6.07, 6.45) is 0. The van der Waals surface area contributed by atoms with E-state index in [1.807, 2.05) is 48.0 Å².